The number of nitrogens with one attached hydrogen (secondary N) is 9. The number of nitro groups is 2. The van der Waals surface area contributed by atoms with Crippen molar-refractivity contribution in [3.05, 3.63) is 38.4 Å². The van der Waals surface area contributed by atoms with Crippen LogP contribution in [0.25, 0.3) is 0 Å². The molecule has 1 saturated heterocycles. The van der Waals surface area contributed by atoms with Crippen molar-refractivity contribution in [2.24, 2.45) is 66.9 Å². The first kappa shape index (κ1) is 78.1. The Morgan fingerprint density at radius 2 is 1.15 bits per heavy atom. The quantitative estimate of drug-likeness (QED) is 0.00728. The first-order chi connectivity index (χ1) is 43.2. The minimum absolute atomic E-state index is 0.0177. The molecule has 0 saturated carbocycles. The first-order valence-electron chi connectivity index (χ1n) is 29.7. The van der Waals surface area contributed by atoms with E-state index in [-0.39, 0.29) is 113 Å². The normalized spacial score (nSPS) is 15.2. The second kappa shape index (κ2) is 39.9. The smallest absolute Gasteiger partial charge is 0.303 e. The lowest BCUT2D eigenvalue weighted by atomic mass is 10.0. The lowest BCUT2D eigenvalue weighted by molar-refractivity contribution is -0.393. The van der Waals surface area contributed by atoms with E-state index < -0.39 is 161 Å². The van der Waals surface area contributed by atoms with Crippen LogP contribution in [-0.4, -0.2) is 197 Å². The van der Waals surface area contributed by atoms with E-state index in [1.165, 1.54) is 11.8 Å². The molecule has 0 unspecified atom stereocenters. The highest BCUT2D eigenvalue weighted by Gasteiger charge is 2.39. The number of carbonyl (C=O) groups is 11. The SMILES string of the molecule is CC(C)C[C@H](NC(=O)CNC(=O)[C@H](CC(C)C)NC(=O)[C@@H]1CCCN1C(=O)[C@@H](N)CCCN=C(N)N)C(=O)N[C@@H](CNc1ccc([N+](=O)[O-])cc1[N+](=O)[O-])C(=O)N[C@@H](C)C(=O)N[C@H](CCCN=C(N)N)C(=O)N[C@H](CCC(=O)O)C(=O)N[C@@H](C=O)CCCN=C(N)N. The van der Waals surface area contributed by atoms with Crippen LogP contribution in [0.5, 0.6) is 0 Å². The van der Waals surface area contributed by atoms with Gasteiger partial charge in [-0.2, -0.15) is 0 Å². The van der Waals surface area contributed by atoms with Crippen LogP contribution < -0.4 is 88.0 Å². The van der Waals surface area contributed by atoms with Gasteiger partial charge in [0.05, 0.1) is 34.5 Å². The summed E-state index contributed by atoms with van der Waals surface area (Å²) in [5.41, 5.74) is 36.7. The number of hydrogen-bond acceptors (Lipinski definition) is 20. The molecule has 1 fully saturated rings. The third kappa shape index (κ3) is 29.1. The van der Waals surface area contributed by atoms with Crippen molar-refractivity contribution in [2.75, 3.05) is 44.6 Å². The minimum atomic E-state index is -1.80. The molecule has 512 valence electrons. The van der Waals surface area contributed by atoms with Crippen LogP contribution in [0.1, 0.15) is 112 Å². The highest BCUT2D eigenvalue weighted by molar-refractivity contribution is 5.98. The second-order valence-corrected chi connectivity index (χ2v) is 22.5. The van der Waals surface area contributed by atoms with Gasteiger partial charge in [-0.3, -0.25) is 83.2 Å². The number of nitro benzene ring substituents is 2. The lowest BCUT2D eigenvalue weighted by Gasteiger charge is -2.29. The van der Waals surface area contributed by atoms with E-state index >= 15 is 0 Å². The van der Waals surface area contributed by atoms with E-state index in [1.54, 1.807) is 27.7 Å². The predicted octanol–water partition coefficient (Wildman–Crippen LogP) is -4.92. The van der Waals surface area contributed by atoms with Crippen molar-refractivity contribution in [1.82, 2.24) is 47.4 Å². The van der Waals surface area contributed by atoms with Gasteiger partial charge in [-0.05, 0) is 95.5 Å². The number of aldehydes is 1. The molecule has 38 nitrogen and oxygen atoms in total. The van der Waals surface area contributed by atoms with Crippen LogP contribution in [0.15, 0.2) is 33.2 Å². The molecule has 0 radical (unpaired) electrons. The Hall–Kier alpha value is -10.0. The molecule has 92 heavy (non-hydrogen) atoms. The zero-order valence-corrected chi connectivity index (χ0v) is 52.2. The van der Waals surface area contributed by atoms with Gasteiger partial charge in [-0.25, -0.2) is 0 Å². The van der Waals surface area contributed by atoms with E-state index in [4.69, 9.17) is 40.1 Å². The Bertz CT molecular complexity index is 2840. The zero-order chi connectivity index (χ0) is 69.4. The molecule has 0 bridgehead atoms. The molecule has 1 aromatic carbocycles. The number of likely N-dealkylation sites (tertiary alicyclic amines) is 1. The fourth-order valence-corrected chi connectivity index (χ4v) is 9.23. The van der Waals surface area contributed by atoms with Gasteiger partial charge < -0.3 is 103 Å². The molecular formula is C54H90N22O16. The molecule has 1 aliphatic heterocycles. The summed E-state index contributed by atoms with van der Waals surface area (Å²) in [6.45, 7) is 7.19. The van der Waals surface area contributed by atoms with Gasteiger partial charge >= 0.3 is 5.97 Å². The average Bonchev–Trinajstić information content (AvgIpc) is 1.91. The monoisotopic (exact) mass is 1300 g/mol. The lowest BCUT2D eigenvalue weighted by Crippen LogP contribution is -2.60. The number of carboxylic acids is 1. The zero-order valence-electron chi connectivity index (χ0n) is 52.2. The number of non-ortho nitro benzene ring substituents is 1. The van der Waals surface area contributed by atoms with Gasteiger partial charge in [0.15, 0.2) is 17.9 Å². The topological polar surface area (TPSA) is 625 Å². The number of amides is 9. The van der Waals surface area contributed by atoms with Crippen LogP contribution in [0.2, 0.25) is 0 Å². The molecule has 0 spiro atoms. The molecule has 0 aromatic heterocycles. The van der Waals surface area contributed by atoms with Gasteiger partial charge in [-0.1, -0.05) is 27.7 Å². The highest BCUT2D eigenvalue weighted by atomic mass is 16.6. The summed E-state index contributed by atoms with van der Waals surface area (Å²) in [5, 5.41) is 55.5. The van der Waals surface area contributed by atoms with Crippen molar-refractivity contribution in [3.8, 4) is 0 Å². The number of rotatable bonds is 42. The maximum atomic E-state index is 14.3. The molecule has 1 aromatic rings. The minimum Gasteiger partial charge on any atom is -0.481 e. The molecule has 9 atom stereocenters. The van der Waals surface area contributed by atoms with Gasteiger partial charge in [0, 0.05) is 45.2 Å². The molecule has 0 aliphatic carbocycles. The van der Waals surface area contributed by atoms with Crippen molar-refractivity contribution in [3.63, 3.8) is 0 Å². The molecule has 9 amide bonds. The van der Waals surface area contributed by atoms with E-state index in [1.807, 2.05) is 0 Å². The number of carbonyl (C=O) groups excluding carboxylic acids is 10. The van der Waals surface area contributed by atoms with Crippen molar-refractivity contribution < 1.29 is 67.7 Å². The standard InChI is InChI=1S/C54H90N22O16/c1-28(2)22-37(72-50(87)40-13-9-21-74(40)51(88)33(55)11-7-19-63-53(58)59)45(82)66-26-42(78)69-38(23-29(3)4)48(85)73-39(25-65-34-15-14-32(75(89)90)24-41(34)76(91)92)49(86)67-30(5)44(81)70-35(12-8-20-64-54(60)61)47(84)71-36(16-17-43(79)80)46(83)68-31(27-77)10-6-18-62-52(56)57/h14-15,24,27-31,33,35-40,65H,6-13,16-23,25-26,55H2,1-5H3,(H,66,82)(H,67,86)(H,68,83)(H,69,78)(H,70,81)(H,71,84)(H,72,87)(H,73,85)(H,79,80)(H4,56,57,62)(H4,58,59,63)(H4,60,61,64)/t30-,31+,33-,35+,36+,37-,38-,39-,40-/m0/s1. The number of aliphatic imine (C=N–C) groups is 3. The highest BCUT2D eigenvalue weighted by Crippen LogP contribution is 2.29. The summed E-state index contributed by atoms with van der Waals surface area (Å²) in [6.07, 6.45) is 0.781. The summed E-state index contributed by atoms with van der Waals surface area (Å²) in [5.74, 6) is -10.5. The molecule has 1 heterocycles. The summed E-state index contributed by atoms with van der Waals surface area (Å²) in [7, 11) is 0. The molecular weight excluding hydrogens is 1210 g/mol. The van der Waals surface area contributed by atoms with Gasteiger partial charge in [0.1, 0.15) is 54.3 Å². The third-order valence-electron chi connectivity index (χ3n) is 13.8. The average molecular weight is 1300 g/mol. The number of carboxylic acid groups (broad SMARTS) is 1. The summed E-state index contributed by atoms with van der Waals surface area (Å²) in [4.78, 5) is 183. The number of nitrogens with zero attached hydrogens (tertiary/aromatic N) is 6. The molecule has 2 rings (SSSR count). The summed E-state index contributed by atoms with van der Waals surface area (Å²) >= 11 is 0. The molecule has 1 aliphatic rings. The van der Waals surface area contributed by atoms with Gasteiger partial charge in [0.2, 0.25) is 53.2 Å². The van der Waals surface area contributed by atoms with Crippen LogP contribution in [0.3, 0.4) is 0 Å². The Morgan fingerprint density at radius 3 is 1.70 bits per heavy atom. The van der Waals surface area contributed by atoms with E-state index in [0.717, 1.165) is 12.1 Å². The van der Waals surface area contributed by atoms with Gasteiger partial charge in [0.25, 0.3) is 11.4 Å². The maximum Gasteiger partial charge on any atom is 0.303 e. The predicted molar refractivity (Wildman–Crippen MR) is 335 cm³/mol. The molecule has 38 heteroatoms. The number of aliphatic carboxylic acids is 1. The maximum absolute atomic E-state index is 14.3. The van der Waals surface area contributed by atoms with Crippen LogP contribution in [0.4, 0.5) is 17.1 Å². The number of nitrogens with two attached hydrogens (primary N) is 7. The first-order valence-corrected chi connectivity index (χ1v) is 29.7. The van der Waals surface area contributed by atoms with E-state index in [9.17, 15) is 78.1 Å². The van der Waals surface area contributed by atoms with Gasteiger partial charge in [-0.15, -0.1) is 0 Å². The Kier molecular flexibility index (Phi) is 33.8. The third-order valence-corrected chi connectivity index (χ3v) is 13.8. The Balaban J connectivity index is 2.44. The van der Waals surface area contributed by atoms with Crippen molar-refractivity contribution in [1.29, 1.82) is 0 Å². The van der Waals surface area contributed by atoms with Crippen LogP contribution >= 0.6 is 0 Å². The fraction of sp³-hybridized carbons (Fsp3) is 0.630. The Morgan fingerprint density at radius 1 is 0.641 bits per heavy atom. The van der Waals surface area contributed by atoms with Crippen molar-refractivity contribution in [2.45, 2.75) is 166 Å². The largest absolute Gasteiger partial charge is 0.481 e. The number of anilines is 1. The summed E-state index contributed by atoms with van der Waals surface area (Å²) in [6, 6.07) is -9.65. The van der Waals surface area contributed by atoms with Crippen LogP contribution in [-0.2, 0) is 52.7 Å². The van der Waals surface area contributed by atoms with E-state index in [0.29, 0.717) is 25.2 Å². The number of benzene rings is 1. The van der Waals surface area contributed by atoms with Crippen LogP contribution in [0, 0.1) is 32.1 Å². The molecule has 24 N–H and O–H groups in total. The number of hydrogen-bond donors (Lipinski definition) is 17. The second-order valence-electron chi connectivity index (χ2n) is 22.5. The summed E-state index contributed by atoms with van der Waals surface area (Å²) < 4.78 is 0. The van der Waals surface area contributed by atoms with E-state index in [2.05, 4.69) is 62.8 Å². The number of guanidine groups is 3. The fourth-order valence-electron chi connectivity index (χ4n) is 9.23. The Labute approximate surface area is 530 Å². The van der Waals surface area contributed by atoms with Crippen molar-refractivity contribution >= 4 is 100 Å².